The number of aliphatic hydroxyl groups is 1. The van der Waals surface area contributed by atoms with Gasteiger partial charge in [-0.1, -0.05) is 43.0 Å². The summed E-state index contributed by atoms with van der Waals surface area (Å²) in [4.78, 5) is 2.29. The molecule has 126 valence electrons. The average molecular weight is 348 g/mol. The van der Waals surface area contributed by atoms with Crippen molar-refractivity contribution in [1.82, 2.24) is 4.90 Å². The third-order valence-electron chi connectivity index (χ3n) is 4.19. The zero-order chi connectivity index (χ0) is 15.1. The average Bonchev–Trinajstić information content (AvgIpc) is 2.50. The molecule has 0 heterocycles. The van der Waals surface area contributed by atoms with Crippen molar-refractivity contribution in [1.29, 1.82) is 0 Å². The minimum absolute atomic E-state index is 0. The van der Waals surface area contributed by atoms with Gasteiger partial charge in [0.2, 0.25) is 0 Å². The Labute approximate surface area is 145 Å². The van der Waals surface area contributed by atoms with Crippen LogP contribution in [0.25, 0.3) is 0 Å². The molecule has 1 aromatic carbocycles. The molecule has 1 atom stereocenters. The number of hydrogen-bond donors (Lipinski definition) is 1. The van der Waals surface area contributed by atoms with Crippen LogP contribution >= 0.6 is 24.0 Å². The minimum atomic E-state index is -0.427. The first kappa shape index (κ1) is 19.7. The SMILES string of the molecule is CN(CC(O)COCc1ccc(Cl)cc1)C1CCCCC1.Cl. The fourth-order valence-corrected chi connectivity index (χ4v) is 3.08. The van der Waals surface area contributed by atoms with Gasteiger partial charge in [-0.2, -0.15) is 0 Å². The van der Waals surface area contributed by atoms with Crippen molar-refractivity contribution in [3.8, 4) is 0 Å². The molecule has 1 unspecified atom stereocenters. The van der Waals surface area contributed by atoms with Crippen LogP contribution in [0.1, 0.15) is 37.7 Å². The lowest BCUT2D eigenvalue weighted by Crippen LogP contribution is -2.40. The van der Waals surface area contributed by atoms with Gasteiger partial charge in [-0.15, -0.1) is 12.4 Å². The van der Waals surface area contributed by atoms with Crippen molar-refractivity contribution in [2.75, 3.05) is 20.2 Å². The zero-order valence-corrected chi connectivity index (χ0v) is 14.8. The van der Waals surface area contributed by atoms with Crippen LogP contribution in [-0.2, 0) is 11.3 Å². The van der Waals surface area contributed by atoms with Gasteiger partial charge in [0.25, 0.3) is 0 Å². The van der Waals surface area contributed by atoms with Gasteiger partial charge in [0, 0.05) is 17.6 Å². The maximum atomic E-state index is 10.1. The molecule has 0 spiro atoms. The first-order valence-electron chi connectivity index (χ1n) is 7.85. The molecule has 2 rings (SSSR count). The third-order valence-corrected chi connectivity index (χ3v) is 4.44. The van der Waals surface area contributed by atoms with E-state index in [-0.39, 0.29) is 12.4 Å². The summed E-state index contributed by atoms with van der Waals surface area (Å²) in [6.45, 7) is 1.58. The van der Waals surface area contributed by atoms with E-state index in [0.29, 0.717) is 25.8 Å². The van der Waals surface area contributed by atoms with E-state index in [2.05, 4.69) is 11.9 Å². The number of benzene rings is 1. The second-order valence-electron chi connectivity index (χ2n) is 6.03. The van der Waals surface area contributed by atoms with Crippen molar-refractivity contribution >= 4 is 24.0 Å². The van der Waals surface area contributed by atoms with Crippen molar-refractivity contribution in [3.63, 3.8) is 0 Å². The highest BCUT2D eigenvalue weighted by atomic mass is 35.5. The van der Waals surface area contributed by atoms with Crippen LogP contribution in [0.5, 0.6) is 0 Å². The number of nitrogens with zero attached hydrogens (tertiary/aromatic N) is 1. The summed E-state index contributed by atoms with van der Waals surface area (Å²) in [5.41, 5.74) is 1.08. The van der Waals surface area contributed by atoms with Gasteiger partial charge in [0.1, 0.15) is 0 Å². The van der Waals surface area contributed by atoms with E-state index < -0.39 is 6.10 Å². The summed E-state index contributed by atoms with van der Waals surface area (Å²) < 4.78 is 5.59. The summed E-state index contributed by atoms with van der Waals surface area (Å²) in [5, 5.41) is 10.8. The molecule has 0 bridgehead atoms. The van der Waals surface area contributed by atoms with E-state index in [4.69, 9.17) is 16.3 Å². The van der Waals surface area contributed by atoms with Crippen molar-refractivity contribution < 1.29 is 9.84 Å². The second kappa shape index (κ2) is 10.5. The van der Waals surface area contributed by atoms with Gasteiger partial charge >= 0.3 is 0 Å². The number of likely N-dealkylation sites (N-methyl/N-ethyl adjacent to an activating group) is 1. The molecule has 5 heteroatoms. The monoisotopic (exact) mass is 347 g/mol. The first-order chi connectivity index (χ1) is 10.1. The molecule has 1 fully saturated rings. The number of rotatable bonds is 7. The van der Waals surface area contributed by atoms with E-state index in [0.717, 1.165) is 10.6 Å². The van der Waals surface area contributed by atoms with Crippen molar-refractivity contribution in [2.45, 2.75) is 50.9 Å². The van der Waals surface area contributed by atoms with Crippen LogP contribution in [0.4, 0.5) is 0 Å². The topological polar surface area (TPSA) is 32.7 Å². The standard InChI is InChI=1S/C17H26ClNO2.ClH/c1-19(16-5-3-2-4-6-16)11-17(20)13-21-12-14-7-9-15(18)10-8-14;/h7-10,16-17,20H,2-6,11-13H2,1H3;1H. The summed E-state index contributed by atoms with van der Waals surface area (Å²) in [7, 11) is 2.11. The Hall–Kier alpha value is -0.320. The molecule has 1 aliphatic carbocycles. The number of halogens is 2. The molecule has 0 amide bonds. The molecule has 0 saturated heterocycles. The Morgan fingerprint density at radius 3 is 2.50 bits per heavy atom. The Bertz CT molecular complexity index is 408. The summed E-state index contributed by atoms with van der Waals surface area (Å²) in [6.07, 6.45) is 6.08. The minimum Gasteiger partial charge on any atom is -0.389 e. The fourth-order valence-electron chi connectivity index (χ4n) is 2.95. The van der Waals surface area contributed by atoms with Crippen LogP contribution in [0.2, 0.25) is 5.02 Å². The lowest BCUT2D eigenvalue weighted by molar-refractivity contribution is 0.00488. The van der Waals surface area contributed by atoms with Crippen LogP contribution in [0, 0.1) is 0 Å². The lowest BCUT2D eigenvalue weighted by atomic mass is 9.94. The first-order valence-corrected chi connectivity index (χ1v) is 8.23. The molecule has 0 aromatic heterocycles. The molecule has 3 nitrogen and oxygen atoms in total. The molecular formula is C17H27Cl2NO2. The summed E-state index contributed by atoms with van der Waals surface area (Å²) in [5.74, 6) is 0. The van der Waals surface area contributed by atoms with Gasteiger partial charge in [0.05, 0.1) is 19.3 Å². The van der Waals surface area contributed by atoms with Gasteiger partial charge in [0.15, 0.2) is 0 Å². The molecule has 22 heavy (non-hydrogen) atoms. The molecule has 1 aromatic rings. The molecule has 0 radical (unpaired) electrons. The summed E-state index contributed by atoms with van der Waals surface area (Å²) in [6, 6.07) is 8.23. The molecule has 1 aliphatic rings. The molecule has 1 saturated carbocycles. The second-order valence-corrected chi connectivity index (χ2v) is 6.46. The van der Waals surface area contributed by atoms with E-state index in [1.54, 1.807) is 0 Å². The number of aliphatic hydroxyl groups excluding tert-OH is 1. The lowest BCUT2D eigenvalue weighted by Gasteiger charge is -2.32. The Morgan fingerprint density at radius 2 is 1.86 bits per heavy atom. The smallest absolute Gasteiger partial charge is 0.0900 e. The highest BCUT2D eigenvalue weighted by Crippen LogP contribution is 2.21. The maximum Gasteiger partial charge on any atom is 0.0900 e. The van der Waals surface area contributed by atoms with E-state index in [9.17, 15) is 5.11 Å². The van der Waals surface area contributed by atoms with Gasteiger partial charge in [-0.05, 0) is 37.6 Å². The van der Waals surface area contributed by atoms with Crippen LogP contribution in [-0.4, -0.2) is 42.4 Å². The fraction of sp³-hybridized carbons (Fsp3) is 0.647. The zero-order valence-electron chi connectivity index (χ0n) is 13.2. The number of ether oxygens (including phenoxy) is 1. The Balaban J connectivity index is 0.00000242. The Morgan fingerprint density at radius 1 is 1.23 bits per heavy atom. The largest absolute Gasteiger partial charge is 0.389 e. The Kier molecular flexibility index (Phi) is 9.37. The molecule has 1 N–H and O–H groups in total. The van der Waals surface area contributed by atoms with Gasteiger partial charge in [-0.3, -0.25) is 0 Å². The van der Waals surface area contributed by atoms with Gasteiger partial charge in [-0.25, -0.2) is 0 Å². The quantitative estimate of drug-likeness (QED) is 0.811. The maximum absolute atomic E-state index is 10.1. The van der Waals surface area contributed by atoms with Crippen LogP contribution < -0.4 is 0 Å². The normalized spacial score (nSPS) is 17.3. The highest BCUT2D eigenvalue weighted by molar-refractivity contribution is 6.30. The van der Waals surface area contributed by atoms with Crippen molar-refractivity contribution in [2.24, 2.45) is 0 Å². The predicted molar refractivity (Wildman–Crippen MR) is 93.9 cm³/mol. The summed E-state index contributed by atoms with van der Waals surface area (Å²) >= 11 is 5.84. The van der Waals surface area contributed by atoms with E-state index >= 15 is 0 Å². The van der Waals surface area contributed by atoms with Crippen LogP contribution in [0.15, 0.2) is 24.3 Å². The van der Waals surface area contributed by atoms with Crippen LogP contribution in [0.3, 0.4) is 0 Å². The van der Waals surface area contributed by atoms with E-state index in [1.165, 1.54) is 32.1 Å². The third kappa shape index (κ3) is 6.84. The number of hydrogen-bond acceptors (Lipinski definition) is 3. The van der Waals surface area contributed by atoms with E-state index in [1.807, 2.05) is 24.3 Å². The molecule has 0 aliphatic heterocycles. The van der Waals surface area contributed by atoms with Gasteiger partial charge < -0.3 is 14.7 Å². The predicted octanol–water partition coefficient (Wildman–Crippen LogP) is 3.90. The molecular weight excluding hydrogens is 321 g/mol. The highest BCUT2D eigenvalue weighted by Gasteiger charge is 2.19. The van der Waals surface area contributed by atoms with Crippen molar-refractivity contribution in [3.05, 3.63) is 34.9 Å².